The molecule has 0 aromatic heterocycles. The van der Waals surface area contributed by atoms with Gasteiger partial charge in [-0.25, -0.2) is 4.79 Å². The van der Waals surface area contributed by atoms with E-state index >= 15 is 0 Å². The predicted octanol–water partition coefficient (Wildman–Crippen LogP) is 5.65. The third-order valence-electron chi connectivity index (χ3n) is 14.7. The van der Waals surface area contributed by atoms with Crippen molar-refractivity contribution in [3.63, 3.8) is 0 Å². The van der Waals surface area contributed by atoms with Crippen LogP contribution in [0.15, 0.2) is 0 Å². The highest BCUT2D eigenvalue weighted by Gasteiger charge is 2.38. The Balaban J connectivity index is 5.46. The molecular formula is C61H112N10O13. The zero-order chi connectivity index (χ0) is 65.7. The molecule has 23 heteroatoms. The smallest absolute Gasteiger partial charge is 0.408 e. The number of rotatable bonds is 35. The molecule has 0 radical (unpaired) electrons. The number of esters is 1. The first-order valence-corrected chi connectivity index (χ1v) is 30.0. The Labute approximate surface area is 502 Å². The molecule has 0 aromatic rings. The number of alkyl carbamates (subject to hydrolysis) is 1. The first-order chi connectivity index (χ1) is 38.1. The third kappa shape index (κ3) is 29.2. The lowest BCUT2D eigenvalue weighted by molar-refractivity contribution is -0.141. The fourth-order valence-corrected chi connectivity index (χ4v) is 8.61. The van der Waals surface area contributed by atoms with Crippen molar-refractivity contribution >= 4 is 65.2 Å². The second kappa shape index (κ2) is 33.6. The zero-order valence-corrected chi connectivity index (χ0v) is 55.7. The molecule has 0 aromatic carbocycles. The minimum absolute atomic E-state index is 0.000817. The van der Waals surface area contributed by atoms with Gasteiger partial charge in [-0.3, -0.25) is 47.9 Å². The molecule has 0 fully saturated rings. The summed E-state index contributed by atoms with van der Waals surface area (Å²) in [6, 6.07) is -2.17. The van der Waals surface area contributed by atoms with Crippen LogP contribution in [0.1, 0.15) is 223 Å². The molecule has 0 spiro atoms. The predicted molar refractivity (Wildman–Crippen MR) is 324 cm³/mol. The number of nitrogens with one attached hydrogen (secondary N) is 10. The van der Waals surface area contributed by atoms with Crippen molar-refractivity contribution in [2.24, 2.45) is 29.6 Å². The maximum atomic E-state index is 13.7. The van der Waals surface area contributed by atoms with Crippen LogP contribution in [0.4, 0.5) is 4.79 Å². The average molecular weight is 1190 g/mol. The van der Waals surface area contributed by atoms with E-state index in [0.29, 0.717) is 6.42 Å². The standard InChI is InChI=1S/C61H112N10O13/c1-35(2)40(25-30-45(72)68-58(16,17)51(78)64-42(37(5)6)27-32-47(74)70-60(20,21)53(80)66-44(39(9)10)29-34-49(76)83-24)62-50(77)57(14,15)67-46(73)31-26-41(36(3)4)63-52(79)59(18,19)69-48(75)33-28-43(38(7)8)65-54(81)61(22,23)71-55(82)84-56(11,12)13/h35-44H,25-34H2,1-24H3,(H,62,77)(H,63,79)(H,64,78)(H,65,81)(H,66,80)(H,67,73)(H,68,72)(H,69,75)(H,70,74)(H,71,82)/t40-,41-,42-,43-,44-/m1/s1. The molecule has 0 unspecified atom stereocenters. The molecule has 0 saturated heterocycles. The molecule has 0 bridgehead atoms. The van der Waals surface area contributed by atoms with E-state index in [4.69, 9.17) is 9.47 Å². The summed E-state index contributed by atoms with van der Waals surface area (Å²) in [6.07, 6.45) is 0.643. The number of amides is 10. The van der Waals surface area contributed by atoms with Gasteiger partial charge in [0, 0.05) is 62.3 Å². The van der Waals surface area contributed by atoms with E-state index in [9.17, 15) is 52.7 Å². The second-order valence-electron chi connectivity index (χ2n) is 27.8. The fourth-order valence-electron chi connectivity index (χ4n) is 8.61. The van der Waals surface area contributed by atoms with Crippen molar-refractivity contribution in [2.75, 3.05) is 7.11 Å². The Hall–Kier alpha value is -6.03. The lowest BCUT2D eigenvalue weighted by Gasteiger charge is -2.32. The highest BCUT2D eigenvalue weighted by atomic mass is 16.6. The van der Waals surface area contributed by atoms with E-state index in [1.807, 2.05) is 69.2 Å². The highest BCUT2D eigenvalue weighted by molar-refractivity contribution is 5.94. The normalized spacial score (nSPS) is 14.3. The molecule has 0 heterocycles. The van der Waals surface area contributed by atoms with Crippen LogP contribution in [0, 0.1) is 29.6 Å². The van der Waals surface area contributed by atoms with Crippen LogP contribution in [-0.2, 0) is 57.4 Å². The average Bonchev–Trinajstić information content (AvgIpc) is 3.54. The van der Waals surface area contributed by atoms with Crippen molar-refractivity contribution < 1.29 is 62.2 Å². The Morgan fingerprint density at radius 2 is 0.500 bits per heavy atom. The number of methoxy groups -OCH3 is 1. The quantitative estimate of drug-likeness (QED) is 0.0344. The maximum Gasteiger partial charge on any atom is 0.408 e. The van der Waals surface area contributed by atoms with Crippen molar-refractivity contribution in [1.82, 2.24) is 53.2 Å². The molecule has 484 valence electrons. The van der Waals surface area contributed by atoms with Crippen LogP contribution in [0.25, 0.3) is 0 Å². The van der Waals surface area contributed by atoms with Crippen LogP contribution in [0.5, 0.6) is 0 Å². The summed E-state index contributed by atoms with van der Waals surface area (Å²) in [6.45, 7) is 39.9. The van der Waals surface area contributed by atoms with Gasteiger partial charge in [0.2, 0.25) is 53.2 Å². The molecule has 10 amide bonds. The SMILES string of the molecule is COC(=O)CC[C@@H](NC(=O)C(C)(C)NC(=O)CC[C@@H](NC(=O)C(C)(C)NC(=O)CC[C@@H](NC(=O)C(C)(C)NC(=O)CC[C@@H](NC(=O)C(C)(C)NC(=O)CC[C@@H](NC(=O)C(C)(C)NC(=O)OC(C)(C)C)C(C)C)C(C)C)C(C)C)C(C)C)C(C)C. The summed E-state index contributed by atoms with van der Waals surface area (Å²) in [5.74, 6) is -4.69. The zero-order valence-electron chi connectivity index (χ0n) is 55.7. The van der Waals surface area contributed by atoms with Crippen LogP contribution < -0.4 is 53.2 Å². The molecule has 5 atom stereocenters. The van der Waals surface area contributed by atoms with E-state index < -0.39 is 117 Å². The number of carbonyl (C=O) groups excluding carboxylic acids is 11. The van der Waals surface area contributed by atoms with Crippen molar-refractivity contribution in [3.05, 3.63) is 0 Å². The van der Waals surface area contributed by atoms with Gasteiger partial charge >= 0.3 is 12.1 Å². The van der Waals surface area contributed by atoms with Gasteiger partial charge in [-0.1, -0.05) is 69.2 Å². The van der Waals surface area contributed by atoms with E-state index in [2.05, 4.69) is 53.2 Å². The minimum atomic E-state index is -1.37. The number of ether oxygens (including phenoxy) is 2. The van der Waals surface area contributed by atoms with Gasteiger partial charge in [0.25, 0.3) is 0 Å². The summed E-state index contributed by atoms with van der Waals surface area (Å²) < 4.78 is 10.0. The lowest BCUT2D eigenvalue weighted by Crippen LogP contribution is -2.59. The first kappa shape index (κ1) is 78.0. The Morgan fingerprint density at radius 3 is 0.679 bits per heavy atom. The Bertz CT molecular complexity index is 2250. The Morgan fingerprint density at radius 1 is 0.310 bits per heavy atom. The van der Waals surface area contributed by atoms with E-state index in [1.165, 1.54) is 7.11 Å². The largest absolute Gasteiger partial charge is 0.469 e. The van der Waals surface area contributed by atoms with E-state index in [0.717, 1.165) is 0 Å². The van der Waals surface area contributed by atoms with Crippen molar-refractivity contribution in [1.29, 1.82) is 0 Å². The maximum absolute atomic E-state index is 13.7. The van der Waals surface area contributed by atoms with E-state index in [1.54, 1.807) is 90.0 Å². The molecule has 0 aliphatic rings. The minimum Gasteiger partial charge on any atom is -0.469 e. The van der Waals surface area contributed by atoms with Gasteiger partial charge in [-0.15, -0.1) is 0 Å². The molecule has 84 heavy (non-hydrogen) atoms. The van der Waals surface area contributed by atoms with Gasteiger partial charge in [-0.05, 0) is 152 Å². The summed E-state index contributed by atoms with van der Waals surface area (Å²) in [5.41, 5.74) is -7.41. The van der Waals surface area contributed by atoms with Crippen molar-refractivity contribution in [3.8, 4) is 0 Å². The summed E-state index contributed by atoms with van der Waals surface area (Å²) in [5, 5.41) is 28.6. The summed E-state index contributed by atoms with van der Waals surface area (Å²) in [4.78, 5) is 145. The second-order valence-corrected chi connectivity index (χ2v) is 27.8. The Kier molecular flexibility index (Phi) is 31.2. The van der Waals surface area contributed by atoms with Gasteiger partial charge in [0.05, 0.1) is 7.11 Å². The molecule has 0 rings (SSSR count). The van der Waals surface area contributed by atoms with Crippen LogP contribution in [-0.4, -0.2) is 136 Å². The summed E-state index contributed by atoms with van der Waals surface area (Å²) in [7, 11) is 1.30. The number of hydrogen-bond donors (Lipinski definition) is 10. The highest BCUT2D eigenvalue weighted by Crippen LogP contribution is 2.20. The summed E-state index contributed by atoms with van der Waals surface area (Å²) >= 11 is 0. The molecule has 0 saturated carbocycles. The molecule has 23 nitrogen and oxygen atoms in total. The van der Waals surface area contributed by atoms with Gasteiger partial charge in [0.1, 0.15) is 33.3 Å². The number of hydrogen-bond acceptors (Lipinski definition) is 13. The van der Waals surface area contributed by atoms with Gasteiger partial charge in [0.15, 0.2) is 0 Å². The topological polar surface area (TPSA) is 327 Å². The van der Waals surface area contributed by atoms with Gasteiger partial charge < -0.3 is 62.6 Å². The van der Waals surface area contributed by atoms with Gasteiger partial charge in [-0.2, -0.15) is 0 Å². The first-order valence-electron chi connectivity index (χ1n) is 30.0. The molecular weight excluding hydrogens is 1080 g/mol. The number of carbonyl (C=O) groups is 11. The third-order valence-corrected chi connectivity index (χ3v) is 14.7. The monoisotopic (exact) mass is 1190 g/mol. The van der Waals surface area contributed by atoms with Crippen LogP contribution in [0.2, 0.25) is 0 Å². The van der Waals surface area contributed by atoms with Crippen LogP contribution >= 0.6 is 0 Å². The molecule has 0 aliphatic carbocycles. The molecule has 0 aliphatic heterocycles. The van der Waals surface area contributed by atoms with Crippen LogP contribution in [0.3, 0.4) is 0 Å². The molecule has 10 N–H and O–H groups in total. The fraction of sp³-hybridized carbons (Fsp3) is 0.820. The van der Waals surface area contributed by atoms with E-state index in [-0.39, 0.29) is 99.4 Å². The van der Waals surface area contributed by atoms with Crippen molar-refractivity contribution in [2.45, 2.75) is 287 Å². The lowest BCUT2D eigenvalue weighted by atomic mass is 9.94.